The van der Waals surface area contributed by atoms with Crippen molar-refractivity contribution in [3.05, 3.63) is 81.4 Å². The molecule has 0 aliphatic heterocycles. The third-order valence-electron chi connectivity index (χ3n) is 4.93. The summed E-state index contributed by atoms with van der Waals surface area (Å²) in [6.45, 7) is 5.81. The Hall–Kier alpha value is -3.45. The number of hydrogen-bond donors (Lipinski definition) is 1. The third kappa shape index (κ3) is 4.36. The Balaban J connectivity index is 1.66. The molecule has 0 aliphatic rings. The SMILES string of the molecule is Cc1cc2nn(CC(=O)Nc3cccc(C(C)C)c3)c(=O)n2c(-c2ccc(Cl)cc2)n1. The first-order valence-electron chi connectivity index (χ1n) is 9.95. The van der Waals surface area contributed by atoms with Crippen molar-refractivity contribution in [2.75, 3.05) is 5.32 Å². The molecule has 0 bridgehead atoms. The lowest BCUT2D eigenvalue weighted by molar-refractivity contribution is -0.117. The Morgan fingerprint density at radius 3 is 2.58 bits per heavy atom. The molecule has 0 atom stereocenters. The Bertz CT molecular complexity index is 1320. The number of nitrogens with zero attached hydrogens (tertiary/aromatic N) is 4. The number of benzene rings is 2. The van der Waals surface area contributed by atoms with Crippen molar-refractivity contribution >= 4 is 28.8 Å². The van der Waals surface area contributed by atoms with E-state index in [4.69, 9.17) is 11.6 Å². The lowest BCUT2D eigenvalue weighted by Crippen LogP contribution is -2.28. The predicted octanol–water partition coefficient (Wildman–Crippen LogP) is 4.28. The molecule has 0 saturated carbocycles. The van der Waals surface area contributed by atoms with Crippen LogP contribution in [-0.4, -0.2) is 25.1 Å². The van der Waals surface area contributed by atoms with Crippen LogP contribution in [-0.2, 0) is 11.3 Å². The number of carbonyl (C=O) groups is 1. The molecule has 7 nitrogen and oxygen atoms in total. The molecule has 1 N–H and O–H groups in total. The second-order valence-electron chi connectivity index (χ2n) is 7.69. The predicted molar refractivity (Wildman–Crippen MR) is 122 cm³/mol. The molecular weight excluding hydrogens is 414 g/mol. The number of fused-ring (bicyclic) bond motifs is 1. The highest BCUT2D eigenvalue weighted by Gasteiger charge is 2.16. The summed E-state index contributed by atoms with van der Waals surface area (Å²) >= 11 is 5.98. The number of halogens is 1. The molecule has 0 radical (unpaired) electrons. The van der Waals surface area contributed by atoms with E-state index < -0.39 is 5.69 Å². The molecule has 0 unspecified atom stereocenters. The van der Waals surface area contributed by atoms with E-state index in [0.717, 1.165) is 15.8 Å². The van der Waals surface area contributed by atoms with E-state index in [9.17, 15) is 9.59 Å². The normalized spacial score (nSPS) is 11.3. The zero-order chi connectivity index (χ0) is 22.1. The third-order valence-corrected chi connectivity index (χ3v) is 5.18. The summed E-state index contributed by atoms with van der Waals surface area (Å²) in [5, 5.41) is 7.78. The maximum atomic E-state index is 13.0. The van der Waals surface area contributed by atoms with Gasteiger partial charge in [-0.3, -0.25) is 4.79 Å². The quantitative estimate of drug-likeness (QED) is 0.507. The first-order chi connectivity index (χ1) is 14.8. The van der Waals surface area contributed by atoms with Gasteiger partial charge in [0.1, 0.15) is 12.4 Å². The van der Waals surface area contributed by atoms with Crippen molar-refractivity contribution < 1.29 is 4.79 Å². The van der Waals surface area contributed by atoms with Gasteiger partial charge in [0.25, 0.3) is 0 Å². The Kier molecular flexibility index (Phi) is 5.61. The lowest BCUT2D eigenvalue weighted by atomic mass is 10.0. The van der Waals surface area contributed by atoms with Crippen LogP contribution in [0.1, 0.15) is 31.0 Å². The monoisotopic (exact) mass is 435 g/mol. The second kappa shape index (κ2) is 8.35. The molecule has 0 saturated heterocycles. The van der Waals surface area contributed by atoms with Gasteiger partial charge in [-0.25, -0.2) is 18.9 Å². The first-order valence-corrected chi connectivity index (χ1v) is 10.3. The van der Waals surface area contributed by atoms with Gasteiger partial charge in [0.2, 0.25) is 5.91 Å². The molecule has 1 amide bonds. The topological polar surface area (TPSA) is 81.3 Å². The van der Waals surface area contributed by atoms with Gasteiger partial charge in [0, 0.05) is 28.0 Å². The largest absolute Gasteiger partial charge is 0.352 e. The number of rotatable bonds is 5. The number of aromatic nitrogens is 4. The molecule has 2 aromatic carbocycles. The number of nitrogens with one attached hydrogen (secondary N) is 1. The van der Waals surface area contributed by atoms with Crippen molar-refractivity contribution in [1.29, 1.82) is 0 Å². The molecule has 4 rings (SSSR count). The van der Waals surface area contributed by atoms with Gasteiger partial charge >= 0.3 is 5.69 Å². The van der Waals surface area contributed by atoms with E-state index in [-0.39, 0.29) is 12.5 Å². The van der Waals surface area contributed by atoms with Crippen molar-refractivity contribution in [2.45, 2.75) is 33.2 Å². The smallest absolute Gasteiger partial charge is 0.324 e. The minimum atomic E-state index is -0.432. The van der Waals surface area contributed by atoms with Crippen molar-refractivity contribution in [2.24, 2.45) is 0 Å². The van der Waals surface area contributed by atoms with E-state index in [1.54, 1.807) is 30.3 Å². The van der Waals surface area contributed by atoms with E-state index in [0.29, 0.717) is 33.8 Å². The standard InChI is InChI=1S/C23H22ClN5O2/c1-14(2)17-5-4-6-19(12-17)26-21(30)13-28-23(31)29-20(27-28)11-15(3)25-22(29)16-7-9-18(24)10-8-16/h4-12,14H,13H2,1-3H3,(H,26,30). The summed E-state index contributed by atoms with van der Waals surface area (Å²) in [4.78, 5) is 30.2. The molecule has 4 aromatic rings. The van der Waals surface area contributed by atoms with E-state index in [2.05, 4.69) is 29.2 Å². The Morgan fingerprint density at radius 2 is 1.87 bits per heavy atom. The molecule has 2 heterocycles. The second-order valence-corrected chi connectivity index (χ2v) is 8.13. The van der Waals surface area contributed by atoms with Crippen LogP contribution in [0, 0.1) is 6.92 Å². The van der Waals surface area contributed by atoms with Gasteiger partial charge in [-0.1, -0.05) is 37.6 Å². The van der Waals surface area contributed by atoms with Gasteiger partial charge in [-0.15, -0.1) is 5.10 Å². The molecular formula is C23H22ClN5O2. The minimum Gasteiger partial charge on any atom is -0.324 e. The maximum Gasteiger partial charge on any atom is 0.352 e. The average Bonchev–Trinajstić information content (AvgIpc) is 3.03. The number of amides is 1. The number of anilines is 1. The molecule has 0 spiro atoms. The van der Waals surface area contributed by atoms with Crippen molar-refractivity contribution in [3.63, 3.8) is 0 Å². The molecule has 2 aromatic heterocycles. The highest BCUT2D eigenvalue weighted by molar-refractivity contribution is 6.30. The van der Waals surface area contributed by atoms with Crippen LogP contribution < -0.4 is 11.0 Å². The zero-order valence-corrected chi connectivity index (χ0v) is 18.2. The average molecular weight is 436 g/mol. The summed E-state index contributed by atoms with van der Waals surface area (Å²) in [7, 11) is 0. The Morgan fingerprint density at radius 1 is 1.13 bits per heavy atom. The molecule has 158 valence electrons. The molecule has 0 aliphatic carbocycles. The fraction of sp³-hybridized carbons (Fsp3) is 0.217. The van der Waals surface area contributed by atoms with Crippen LogP contribution in [0.5, 0.6) is 0 Å². The van der Waals surface area contributed by atoms with Gasteiger partial charge in [0.05, 0.1) is 0 Å². The lowest BCUT2D eigenvalue weighted by Gasteiger charge is -2.09. The Labute approximate surface area is 184 Å². The van der Waals surface area contributed by atoms with Gasteiger partial charge in [-0.2, -0.15) is 0 Å². The van der Waals surface area contributed by atoms with Gasteiger partial charge in [0.15, 0.2) is 5.65 Å². The van der Waals surface area contributed by atoms with E-state index in [1.165, 1.54) is 4.40 Å². The van der Waals surface area contributed by atoms with E-state index >= 15 is 0 Å². The number of aryl methyl sites for hydroxylation is 1. The summed E-state index contributed by atoms with van der Waals surface area (Å²) in [5.74, 6) is 0.469. The molecule has 0 fully saturated rings. The zero-order valence-electron chi connectivity index (χ0n) is 17.5. The number of carbonyl (C=O) groups excluding carboxylic acids is 1. The van der Waals surface area contributed by atoms with Crippen molar-refractivity contribution in [3.8, 4) is 11.4 Å². The van der Waals surface area contributed by atoms with Gasteiger partial charge < -0.3 is 5.32 Å². The molecule has 31 heavy (non-hydrogen) atoms. The molecule has 8 heteroatoms. The maximum absolute atomic E-state index is 13.0. The summed E-state index contributed by atoms with van der Waals surface area (Å²) in [5.41, 5.74) is 3.25. The number of hydrogen-bond acceptors (Lipinski definition) is 4. The summed E-state index contributed by atoms with van der Waals surface area (Å²) in [6, 6.07) is 16.4. The highest BCUT2D eigenvalue weighted by Crippen LogP contribution is 2.21. The summed E-state index contributed by atoms with van der Waals surface area (Å²) in [6.07, 6.45) is 0. The fourth-order valence-electron chi connectivity index (χ4n) is 3.36. The highest BCUT2D eigenvalue weighted by atomic mass is 35.5. The van der Waals surface area contributed by atoms with Crippen LogP contribution in [0.15, 0.2) is 59.4 Å². The van der Waals surface area contributed by atoms with Crippen LogP contribution >= 0.6 is 11.6 Å². The first kappa shape index (κ1) is 20.8. The fourth-order valence-corrected chi connectivity index (χ4v) is 3.49. The summed E-state index contributed by atoms with van der Waals surface area (Å²) < 4.78 is 2.56. The van der Waals surface area contributed by atoms with Crippen molar-refractivity contribution in [1.82, 2.24) is 19.2 Å². The van der Waals surface area contributed by atoms with Crippen LogP contribution in [0.4, 0.5) is 5.69 Å². The van der Waals surface area contributed by atoms with Crippen LogP contribution in [0.25, 0.3) is 17.0 Å². The minimum absolute atomic E-state index is 0.203. The van der Waals surface area contributed by atoms with E-state index in [1.807, 2.05) is 31.2 Å². The van der Waals surface area contributed by atoms with Crippen LogP contribution in [0.3, 0.4) is 0 Å². The van der Waals surface area contributed by atoms with Crippen LogP contribution in [0.2, 0.25) is 5.02 Å². The van der Waals surface area contributed by atoms with Gasteiger partial charge in [-0.05, 0) is 54.8 Å².